The van der Waals surface area contributed by atoms with E-state index in [0.29, 0.717) is 42.9 Å². The monoisotopic (exact) mass is 593 g/mol. The largest absolute Gasteiger partial charge is 0.496 e. The smallest absolute Gasteiger partial charge is 0.259 e. The van der Waals surface area contributed by atoms with Crippen LogP contribution < -0.4 is 25.0 Å². The summed E-state index contributed by atoms with van der Waals surface area (Å²) in [5.74, 6) is 0.405. The molecule has 3 aromatic rings. The summed E-state index contributed by atoms with van der Waals surface area (Å²) in [6.07, 6.45) is 1.44. The number of carbonyl (C=O) groups is 2. The molecule has 188 valence electrons. The Morgan fingerprint density at radius 3 is 2.50 bits per heavy atom. The van der Waals surface area contributed by atoms with E-state index in [1.807, 2.05) is 0 Å². The van der Waals surface area contributed by atoms with Crippen molar-refractivity contribution in [3.63, 3.8) is 0 Å². The molecule has 8 nitrogen and oxygen atoms in total. The van der Waals surface area contributed by atoms with E-state index in [0.717, 1.165) is 5.56 Å². The third kappa shape index (κ3) is 7.36. The SMILES string of the molecule is COc1ccccc1C(=O)NCC(=O)NN=Cc1cc(Br)c(OCc2ccc(Cl)cc2Cl)c(OC)c1. The first-order valence-electron chi connectivity index (χ1n) is 10.5. The van der Waals surface area contributed by atoms with Gasteiger partial charge in [-0.3, -0.25) is 9.59 Å². The molecule has 0 spiro atoms. The fourth-order valence-electron chi connectivity index (χ4n) is 3.05. The van der Waals surface area contributed by atoms with Gasteiger partial charge in [-0.05, 0) is 57.9 Å². The first kappa shape index (κ1) is 27.3. The van der Waals surface area contributed by atoms with Crippen LogP contribution in [0.1, 0.15) is 21.5 Å². The highest BCUT2D eigenvalue weighted by Gasteiger charge is 2.14. The summed E-state index contributed by atoms with van der Waals surface area (Å²) < 4.78 is 17.1. The number of halogens is 3. The second-order valence-corrected chi connectivity index (χ2v) is 8.93. The molecule has 0 heterocycles. The fraction of sp³-hybridized carbons (Fsp3) is 0.160. The maximum Gasteiger partial charge on any atom is 0.259 e. The van der Waals surface area contributed by atoms with Crippen LogP contribution in [0.3, 0.4) is 0 Å². The molecule has 0 aromatic heterocycles. The van der Waals surface area contributed by atoms with E-state index in [-0.39, 0.29) is 13.2 Å². The number of hydrogen-bond donors (Lipinski definition) is 2. The molecule has 3 aromatic carbocycles. The molecule has 0 saturated carbocycles. The Kier molecular flexibility index (Phi) is 9.98. The van der Waals surface area contributed by atoms with Gasteiger partial charge in [-0.15, -0.1) is 0 Å². The average Bonchev–Trinajstić information content (AvgIpc) is 2.87. The van der Waals surface area contributed by atoms with E-state index in [4.69, 9.17) is 37.4 Å². The molecule has 0 aliphatic carbocycles. The number of benzene rings is 3. The molecule has 0 fully saturated rings. The van der Waals surface area contributed by atoms with Crippen molar-refractivity contribution in [2.45, 2.75) is 6.61 Å². The molecule has 2 amide bonds. The molecule has 2 N–H and O–H groups in total. The Balaban J connectivity index is 1.58. The van der Waals surface area contributed by atoms with Gasteiger partial charge < -0.3 is 19.5 Å². The molecule has 0 atom stereocenters. The first-order valence-corrected chi connectivity index (χ1v) is 12.0. The number of nitrogens with zero attached hydrogens (tertiary/aromatic N) is 1. The number of rotatable bonds is 10. The maximum absolute atomic E-state index is 12.3. The molecule has 0 bridgehead atoms. The predicted molar refractivity (Wildman–Crippen MR) is 143 cm³/mol. The third-order valence-electron chi connectivity index (χ3n) is 4.80. The lowest BCUT2D eigenvalue weighted by Gasteiger charge is -2.14. The van der Waals surface area contributed by atoms with Gasteiger partial charge >= 0.3 is 0 Å². The van der Waals surface area contributed by atoms with Gasteiger partial charge in [0.2, 0.25) is 0 Å². The number of hydrazone groups is 1. The minimum absolute atomic E-state index is 0.203. The average molecular weight is 595 g/mol. The van der Waals surface area contributed by atoms with Gasteiger partial charge in [-0.1, -0.05) is 41.4 Å². The molecule has 0 radical (unpaired) electrons. The highest BCUT2D eigenvalue weighted by Crippen LogP contribution is 2.37. The van der Waals surface area contributed by atoms with E-state index in [1.165, 1.54) is 20.4 Å². The van der Waals surface area contributed by atoms with Crippen LogP contribution in [0, 0.1) is 0 Å². The second-order valence-electron chi connectivity index (χ2n) is 7.23. The number of ether oxygens (including phenoxy) is 3. The van der Waals surface area contributed by atoms with Gasteiger partial charge in [-0.25, -0.2) is 5.43 Å². The highest BCUT2D eigenvalue weighted by atomic mass is 79.9. The molecule has 0 saturated heterocycles. The summed E-state index contributed by atoms with van der Waals surface area (Å²) in [5, 5.41) is 7.50. The van der Waals surface area contributed by atoms with Crippen molar-refractivity contribution in [3.8, 4) is 17.2 Å². The summed E-state index contributed by atoms with van der Waals surface area (Å²) >= 11 is 15.6. The van der Waals surface area contributed by atoms with Crippen LogP contribution in [0.25, 0.3) is 0 Å². The number of amides is 2. The Hall–Kier alpha value is -3.27. The zero-order chi connectivity index (χ0) is 26.1. The molecular formula is C25H22BrCl2N3O5. The van der Waals surface area contributed by atoms with Crippen LogP contribution in [-0.4, -0.2) is 38.8 Å². The zero-order valence-corrected chi connectivity index (χ0v) is 22.4. The van der Waals surface area contributed by atoms with Gasteiger partial charge in [0.25, 0.3) is 11.8 Å². The van der Waals surface area contributed by atoms with Gasteiger partial charge in [0.05, 0.1) is 37.0 Å². The first-order chi connectivity index (χ1) is 17.3. The van der Waals surface area contributed by atoms with Crippen molar-refractivity contribution in [1.29, 1.82) is 0 Å². The van der Waals surface area contributed by atoms with E-state index in [2.05, 4.69) is 31.8 Å². The van der Waals surface area contributed by atoms with Crippen LogP contribution in [0.5, 0.6) is 17.2 Å². The van der Waals surface area contributed by atoms with Crippen LogP contribution in [0.15, 0.2) is 64.2 Å². The number of methoxy groups -OCH3 is 2. The Morgan fingerprint density at radius 1 is 1.03 bits per heavy atom. The molecule has 0 aliphatic heterocycles. The van der Waals surface area contributed by atoms with Crippen molar-refractivity contribution in [2.75, 3.05) is 20.8 Å². The lowest BCUT2D eigenvalue weighted by atomic mass is 10.2. The van der Waals surface area contributed by atoms with Crippen LogP contribution in [0.2, 0.25) is 10.0 Å². The van der Waals surface area contributed by atoms with Crippen molar-refractivity contribution in [2.24, 2.45) is 5.10 Å². The van der Waals surface area contributed by atoms with Crippen molar-refractivity contribution in [1.82, 2.24) is 10.7 Å². The molecule has 0 unspecified atom stereocenters. The number of para-hydroxylation sites is 1. The lowest BCUT2D eigenvalue weighted by Crippen LogP contribution is -2.35. The summed E-state index contributed by atoms with van der Waals surface area (Å²) in [4.78, 5) is 24.4. The zero-order valence-electron chi connectivity index (χ0n) is 19.3. The van der Waals surface area contributed by atoms with E-state index in [9.17, 15) is 9.59 Å². The molecule has 3 rings (SSSR count). The van der Waals surface area contributed by atoms with Crippen LogP contribution in [-0.2, 0) is 11.4 Å². The summed E-state index contributed by atoms with van der Waals surface area (Å²) in [5.41, 5.74) is 4.09. The minimum atomic E-state index is -0.500. The van der Waals surface area contributed by atoms with Gasteiger partial charge in [-0.2, -0.15) is 5.10 Å². The van der Waals surface area contributed by atoms with E-state index in [1.54, 1.807) is 54.6 Å². The van der Waals surface area contributed by atoms with Crippen LogP contribution in [0.4, 0.5) is 0 Å². The van der Waals surface area contributed by atoms with Crippen molar-refractivity contribution >= 4 is 57.2 Å². The predicted octanol–water partition coefficient (Wildman–Crippen LogP) is 5.23. The van der Waals surface area contributed by atoms with Crippen molar-refractivity contribution in [3.05, 3.63) is 85.8 Å². The van der Waals surface area contributed by atoms with Gasteiger partial charge in [0, 0.05) is 15.6 Å². The maximum atomic E-state index is 12.3. The van der Waals surface area contributed by atoms with E-state index < -0.39 is 11.8 Å². The summed E-state index contributed by atoms with van der Waals surface area (Å²) in [6, 6.07) is 15.3. The Bertz CT molecular complexity index is 1290. The number of hydrogen-bond acceptors (Lipinski definition) is 6. The Labute approximate surface area is 226 Å². The molecule has 11 heteroatoms. The van der Waals surface area contributed by atoms with Crippen molar-refractivity contribution < 1.29 is 23.8 Å². The number of carbonyl (C=O) groups excluding carboxylic acids is 2. The third-order valence-corrected chi connectivity index (χ3v) is 5.98. The van der Waals surface area contributed by atoms with E-state index >= 15 is 0 Å². The minimum Gasteiger partial charge on any atom is -0.496 e. The standard InChI is InChI=1S/C25H22BrCl2N3O5/c1-34-21-6-4-3-5-18(21)25(33)29-13-23(32)31-30-12-15-9-19(26)24(22(10-15)35-2)36-14-16-7-8-17(27)11-20(16)28/h3-12H,13-14H2,1-2H3,(H,29,33)(H,31,32). The normalized spacial score (nSPS) is 10.7. The number of nitrogens with one attached hydrogen (secondary N) is 2. The summed E-state index contributed by atoms with van der Waals surface area (Å²) in [6.45, 7) is -0.0592. The fourth-order valence-corrected chi connectivity index (χ4v) is 4.09. The summed E-state index contributed by atoms with van der Waals surface area (Å²) in [7, 11) is 2.98. The van der Waals surface area contributed by atoms with Gasteiger partial charge in [0.1, 0.15) is 12.4 Å². The molecule has 36 heavy (non-hydrogen) atoms. The highest BCUT2D eigenvalue weighted by molar-refractivity contribution is 9.10. The quantitative estimate of drug-likeness (QED) is 0.247. The lowest BCUT2D eigenvalue weighted by molar-refractivity contribution is -0.120. The second kappa shape index (κ2) is 13.2. The molecule has 0 aliphatic rings. The Morgan fingerprint density at radius 2 is 1.78 bits per heavy atom. The van der Waals surface area contributed by atoms with Gasteiger partial charge in [0.15, 0.2) is 11.5 Å². The topological polar surface area (TPSA) is 98.2 Å². The molecular weight excluding hydrogens is 573 g/mol. The van der Waals surface area contributed by atoms with Crippen LogP contribution >= 0.6 is 39.1 Å².